The first-order chi connectivity index (χ1) is 14.8. The largest absolute Gasteiger partial charge is 0.496 e. The van der Waals surface area contributed by atoms with Crippen LogP contribution in [0.15, 0.2) is 54.6 Å². The zero-order chi connectivity index (χ0) is 22.8. The lowest BCUT2D eigenvalue weighted by Crippen LogP contribution is -2.39. The van der Waals surface area contributed by atoms with Crippen LogP contribution in [0.3, 0.4) is 0 Å². The number of benzene rings is 2. The molecule has 0 bridgehead atoms. The van der Waals surface area contributed by atoms with Crippen LogP contribution in [0.4, 0.5) is 0 Å². The van der Waals surface area contributed by atoms with Gasteiger partial charge in [0.15, 0.2) is 6.61 Å². The molecule has 0 aliphatic heterocycles. The van der Waals surface area contributed by atoms with Crippen LogP contribution in [0.1, 0.15) is 38.8 Å². The van der Waals surface area contributed by atoms with Crippen molar-refractivity contribution in [2.75, 3.05) is 26.8 Å². The molecule has 31 heavy (non-hydrogen) atoms. The summed E-state index contributed by atoms with van der Waals surface area (Å²) >= 11 is 0. The highest BCUT2D eigenvalue weighted by Gasteiger charge is 2.20. The van der Waals surface area contributed by atoms with E-state index in [1.54, 1.807) is 18.1 Å². The summed E-state index contributed by atoms with van der Waals surface area (Å²) in [6.45, 7) is 9.25. The second-order valence-corrected chi connectivity index (χ2v) is 8.33. The van der Waals surface area contributed by atoms with E-state index in [1.807, 2.05) is 54.6 Å². The molecule has 0 saturated carbocycles. The van der Waals surface area contributed by atoms with Crippen LogP contribution < -0.4 is 4.74 Å². The number of hydrogen-bond donors (Lipinski definition) is 0. The fourth-order valence-corrected chi connectivity index (χ4v) is 3.28. The van der Waals surface area contributed by atoms with Gasteiger partial charge in [-0.25, -0.2) is 4.79 Å². The van der Waals surface area contributed by atoms with E-state index in [2.05, 4.69) is 27.7 Å². The van der Waals surface area contributed by atoms with Crippen molar-refractivity contribution in [2.45, 2.75) is 27.7 Å². The molecule has 0 aromatic heterocycles. The van der Waals surface area contributed by atoms with Gasteiger partial charge in [-0.2, -0.15) is 0 Å². The van der Waals surface area contributed by atoms with E-state index in [0.717, 1.165) is 5.56 Å². The van der Waals surface area contributed by atoms with E-state index in [1.165, 1.54) is 0 Å². The number of methoxy groups -OCH3 is 1. The quantitative estimate of drug-likeness (QED) is 0.309. The average Bonchev–Trinajstić information content (AvgIpc) is 2.75. The predicted octanol–water partition coefficient (Wildman–Crippen LogP) is 4.92. The van der Waals surface area contributed by atoms with Crippen LogP contribution in [0.5, 0.6) is 5.75 Å². The second-order valence-electron chi connectivity index (χ2n) is 8.33. The third-order valence-corrected chi connectivity index (χ3v) is 4.59. The summed E-state index contributed by atoms with van der Waals surface area (Å²) in [5, 5.41) is 0. The summed E-state index contributed by atoms with van der Waals surface area (Å²) in [5.41, 5.74) is 1.85. The number of carbonyl (C=O) groups is 2. The van der Waals surface area contributed by atoms with E-state index in [9.17, 15) is 9.59 Å². The molecule has 0 spiro atoms. The fourth-order valence-electron chi connectivity index (χ4n) is 3.28. The van der Waals surface area contributed by atoms with Crippen molar-refractivity contribution >= 4 is 23.5 Å². The van der Waals surface area contributed by atoms with Gasteiger partial charge in [0, 0.05) is 18.7 Å². The normalized spacial score (nSPS) is 11.5. The molecule has 0 aliphatic carbocycles. The molecular formula is C26H33NO4. The Balaban J connectivity index is 2.24. The van der Waals surface area contributed by atoms with Crippen molar-refractivity contribution in [3.8, 4) is 5.75 Å². The summed E-state index contributed by atoms with van der Waals surface area (Å²) in [6, 6.07) is 16.7. The van der Waals surface area contributed by atoms with E-state index >= 15 is 0 Å². The molecule has 0 radical (unpaired) electrons. The molecule has 2 rings (SSSR count). The number of esters is 1. The molecule has 166 valence electrons. The number of nitrogens with zero attached hydrogens (tertiary/aromatic N) is 1. The van der Waals surface area contributed by atoms with Crippen molar-refractivity contribution in [1.82, 2.24) is 4.90 Å². The first-order valence-electron chi connectivity index (χ1n) is 10.7. The molecule has 5 nitrogen and oxygen atoms in total. The van der Waals surface area contributed by atoms with Gasteiger partial charge in [0.25, 0.3) is 5.91 Å². The zero-order valence-corrected chi connectivity index (χ0v) is 19.1. The number of para-hydroxylation sites is 1. The molecule has 2 aromatic rings. The highest BCUT2D eigenvalue weighted by Crippen LogP contribution is 2.25. The topological polar surface area (TPSA) is 55.8 Å². The molecule has 0 fully saturated rings. The lowest BCUT2D eigenvalue weighted by Gasteiger charge is -2.26. The van der Waals surface area contributed by atoms with Crippen LogP contribution in [0, 0.1) is 11.8 Å². The van der Waals surface area contributed by atoms with Gasteiger partial charge in [-0.05, 0) is 29.5 Å². The molecule has 1 amide bonds. The zero-order valence-electron chi connectivity index (χ0n) is 19.1. The minimum atomic E-state index is -0.542. The Bertz CT molecular complexity index is 877. The fraction of sp³-hybridized carbons (Fsp3) is 0.385. The van der Waals surface area contributed by atoms with Crippen LogP contribution >= 0.6 is 0 Å². The first-order valence-corrected chi connectivity index (χ1v) is 10.7. The van der Waals surface area contributed by atoms with Gasteiger partial charge in [-0.3, -0.25) is 4.79 Å². The molecule has 0 atom stereocenters. The summed E-state index contributed by atoms with van der Waals surface area (Å²) in [7, 11) is 1.59. The number of hydrogen-bond acceptors (Lipinski definition) is 4. The molecule has 5 heteroatoms. The van der Waals surface area contributed by atoms with E-state index in [0.29, 0.717) is 41.8 Å². The Labute approximate surface area is 185 Å². The van der Waals surface area contributed by atoms with Crippen LogP contribution in [0.2, 0.25) is 0 Å². The molecule has 0 aliphatic rings. The lowest BCUT2D eigenvalue weighted by molar-refractivity contribution is -0.148. The minimum absolute atomic E-state index is 0.180. The van der Waals surface area contributed by atoms with Crippen molar-refractivity contribution in [3.05, 3.63) is 65.7 Å². The summed E-state index contributed by atoms with van der Waals surface area (Å²) in [5.74, 6) is 0.604. The lowest BCUT2D eigenvalue weighted by atomic mass is 10.0. The van der Waals surface area contributed by atoms with Gasteiger partial charge in [0.2, 0.25) is 0 Å². The number of amides is 1. The highest BCUT2D eigenvalue weighted by molar-refractivity contribution is 6.22. The summed E-state index contributed by atoms with van der Waals surface area (Å²) < 4.78 is 10.9. The number of carbonyl (C=O) groups excluding carboxylic acids is 2. The predicted molar refractivity (Wildman–Crippen MR) is 125 cm³/mol. The van der Waals surface area contributed by atoms with E-state index in [-0.39, 0.29) is 12.5 Å². The maximum Gasteiger partial charge on any atom is 0.339 e. The Morgan fingerprint density at radius 2 is 1.48 bits per heavy atom. The SMILES string of the molecule is COc1ccccc1/C=C(/C(=O)OCC(=O)N(CC(C)C)CC(C)C)c1ccccc1. The van der Waals surface area contributed by atoms with Crippen LogP contribution in [0.25, 0.3) is 11.6 Å². The number of ether oxygens (including phenoxy) is 2. The third-order valence-electron chi connectivity index (χ3n) is 4.59. The molecule has 0 unspecified atom stereocenters. The van der Waals surface area contributed by atoms with Gasteiger partial charge in [-0.1, -0.05) is 76.2 Å². The first kappa shape index (κ1) is 24.2. The minimum Gasteiger partial charge on any atom is -0.496 e. The van der Waals surface area contributed by atoms with Crippen LogP contribution in [-0.4, -0.2) is 43.6 Å². The summed E-state index contributed by atoms with van der Waals surface area (Å²) in [6.07, 6.45) is 1.74. The number of rotatable bonds is 10. The van der Waals surface area contributed by atoms with E-state index in [4.69, 9.17) is 9.47 Å². The average molecular weight is 424 g/mol. The van der Waals surface area contributed by atoms with Crippen molar-refractivity contribution < 1.29 is 19.1 Å². The van der Waals surface area contributed by atoms with E-state index < -0.39 is 5.97 Å². The van der Waals surface area contributed by atoms with Crippen molar-refractivity contribution in [2.24, 2.45) is 11.8 Å². The smallest absolute Gasteiger partial charge is 0.339 e. The molecule has 0 N–H and O–H groups in total. The van der Waals surface area contributed by atoms with Crippen LogP contribution in [-0.2, 0) is 14.3 Å². The Morgan fingerprint density at radius 3 is 2.06 bits per heavy atom. The van der Waals surface area contributed by atoms with Crippen molar-refractivity contribution in [1.29, 1.82) is 0 Å². The molecule has 2 aromatic carbocycles. The maximum absolute atomic E-state index is 13.0. The Morgan fingerprint density at radius 1 is 0.903 bits per heavy atom. The Kier molecular flexibility index (Phi) is 9.32. The van der Waals surface area contributed by atoms with Gasteiger partial charge in [-0.15, -0.1) is 0 Å². The van der Waals surface area contributed by atoms with Gasteiger partial charge >= 0.3 is 5.97 Å². The summed E-state index contributed by atoms with van der Waals surface area (Å²) in [4.78, 5) is 27.5. The molecule has 0 saturated heterocycles. The van der Waals surface area contributed by atoms with Gasteiger partial charge in [0.05, 0.1) is 12.7 Å². The third kappa shape index (κ3) is 7.59. The van der Waals surface area contributed by atoms with Crippen molar-refractivity contribution in [3.63, 3.8) is 0 Å². The monoisotopic (exact) mass is 423 g/mol. The molecular weight excluding hydrogens is 390 g/mol. The van der Waals surface area contributed by atoms with Gasteiger partial charge < -0.3 is 14.4 Å². The molecule has 0 heterocycles. The Hall–Kier alpha value is -3.08. The second kappa shape index (κ2) is 11.9. The maximum atomic E-state index is 13.0. The van der Waals surface area contributed by atoms with Gasteiger partial charge in [0.1, 0.15) is 5.75 Å². The standard InChI is InChI=1S/C26H33NO4/c1-19(2)16-27(17-20(3)4)25(28)18-31-26(29)23(21-11-7-6-8-12-21)15-22-13-9-10-14-24(22)30-5/h6-15,19-20H,16-18H2,1-5H3/b23-15+. The highest BCUT2D eigenvalue weighted by atomic mass is 16.5.